The van der Waals surface area contributed by atoms with Crippen molar-refractivity contribution < 1.29 is 61.2 Å². The Hall–Kier alpha value is 2.51. The first-order chi connectivity index (χ1) is 0. The Morgan fingerprint density at radius 1 is 1.00 bits per heavy atom. The number of hydrogen-bond donors (Lipinski definition) is 0. The molecule has 0 saturated carbocycles. The Labute approximate surface area is 77.5 Å². The quantitative estimate of drug-likeness (QED) is 0.492. The van der Waals surface area contributed by atoms with Gasteiger partial charge in [-0.2, -0.15) is 0 Å². The van der Waals surface area contributed by atoms with Gasteiger partial charge in [-0.1, -0.05) is 0 Å². The van der Waals surface area contributed by atoms with E-state index >= 15 is 0 Å². The fourth-order valence-corrected chi connectivity index (χ4v) is 0. The van der Waals surface area contributed by atoms with Crippen LogP contribution in [-0.2, 0) is 61.2 Å². The second-order valence-corrected chi connectivity index (χ2v) is 0. The average Bonchev–Trinajstić information content (AvgIpc) is 0. The molecular formula is H3AlCuTaTi. The predicted octanol–water partition coefficient (Wildman–Crippen LogP) is -1.19. The van der Waals surface area contributed by atoms with E-state index in [2.05, 4.69) is 0 Å². The van der Waals surface area contributed by atoms with Crippen molar-refractivity contribution in [3.8, 4) is 0 Å². The summed E-state index contributed by atoms with van der Waals surface area (Å²) in [4.78, 5) is 0. The zero-order chi connectivity index (χ0) is 0. The van der Waals surface area contributed by atoms with E-state index in [4.69, 9.17) is 0 Å². The summed E-state index contributed by atoms with van der Waals surface area (Å²) >= 11 is 0. The van der Waals surface area contributed by atoms with Crippen LogP contribution in [0.2, 0.25) is 0 Å². The fraction of sp³-hybridized carbons (Fsp3) is 0. The molecule has 0 rings (SSSR count). The Balaban J connectivity index is 0. The van der Waals surface area contributed by atoms with Crippen LogP contribution in [0, 0.1) is 0 Å². The molecular weight excluding hydrogens is 319 g/mol. The molecule has 0 aliphatic rings. The third-order valence-electron chi connectivity index (χ3n) is 0. The normalized spacial score (nSPS) is 0. The summed E-state index contributed by atoms with van der Waals surface area (Å²) in [6.45, 7) is 0. The molecule has 26 valence electrons. The van der Waals surface area contributed by atoms with Crippen molar-refractivity contribution in [3.05, 3.63) is 0 Å². The van der Waals surface area contributed by atoms with Gasteiger partial charge in [0.2, 0.25) is 0 Å². The van der Waals surface area contributed by atoms with Crippen LogP contribution in [0.3, 0.4) is 0 Å². The molecule has 0 fully saturated rings. The molecule has 0 heterocycles. The molecule has 4 heavy (non-hydrogen) atoms. The van der Waals surface area contributed by atoms with E-state index in [1.165, 1.54) is 0 Å². The van der Waals surface area contributed by atoms with Crippen molar-refractivity contribution in [2.75, 3.05) is 0 Å². The average molecular weight is 322 g/mol. The molecule has 2 radical (unpaired) electrons. The first-order valence-corrected chi connectivity index (χ1v) is 0. The van der Waals surface area contributed by atoms with E-state index in [0.29, 0.717) is 0 Å². The van der Waals surface area contributed by atoms with Gasteiger partial charge in [0.1, 0.15) is 0 Å². The summed E-state index contributed by atoms with van der Waals surface area (Å²) < 4.78 is 0. The summed E-state index contributed by atoms with van der Waals surface area (Å²) in [6.07, 6.45) is 0. The van der Waals surface area contributed by atoms with Crippen molar-refractivity contribution in [2.45, 2.75) is 0 Å². The van der Waals surface area contributed by atoms with Gasteiger partial charge in [-0.05, 0) is 0 Å². The minimum Gasteiger partial charge on any atom is 0 e. The van der Waals surface area contributed by atoms with Gasteiger partial charge in [0.15, 0.2) is 17.4 Å². The SMILES string of the molecule is [AlH3].[Cu].[Ta].[Ti]. The molecule has 0 saturated heterocycles. The monoisotopic (exact) mass is 322 g/mol. The van der Waals surface area contributed by atoms with Crippen LogP contribution in [0.1, 0.15) is 0 Å². The second-order valence-electron chi connectivity index (χ2n) is 0. The maximum absolute atomic E-state index is 0. The molecule has 4 heteroatoms. The van der Waals surface area contributed by atoms with Crippen molar-refractivity contribution in [3.63, 3.8) is 0 Å². The zero-order valence-corrected chi connectivity index (χ0v) is 6.97. The molecule has 0 amide bonds. The fourth-order valence-electron chi connectivity index (χ4n) is 0. The molecule has 0 aliphatic carbocycles. The topological polar surface area (TPSA) is 0 Å². The van der Waals surface area contributed by atoms with Crippen LogP contribution in [0.4, 0.5) is 0 Å². The smallest absolute Gasteiger partial charge is 0 e. The van der Waals surface area contributed by atoms with Crippen LogP contribution >= 0.6 is 0 Å². The van der Waals surface area contributed by atoms with Gasteiger partial charge >= 0.3 is 0 Å². The van der Waals surface area contributed by atoms with E-state index in [-0.39, 0.29) is 78.5 Å². The van der Waals surface area contributed by atoms with Gasteiger partial charge in [-0.15, -0.1) is 0 Å². The van der Waals surface area contributed by atoms with Gasteiger partial charge in [0.25, 0.3) is 0 Å². The Bertz CT molecular complexity index is 8.00. The summed E-state index contributed by atoms with van der Waals surface area (Å²) in [5, 5.41) is 0. The Kier molecular flexibility index (Phi) is 140. The summed E-state index contributed by atoms with van der Waals surface area (Å²) in [5.41, 5.74) is 0. The minimum atomic E-state index is 0. The molecule has 0 aliphatic heterocycles. The Morgan fingerprint density at radius 3 is 1.00 bits per heavy atom. The van der Waals surface area contributed by atoms with Crippen LogP contribution in [-0.4, -0.2) is 17.4 Å². The van der Waals surface area contributed by atoms with Crippen LogP contribution in [0.15, 0.2) is 0 Å². The number of rotatable bonds is 0. The van der Waals surface area contributed by atoms with Crippen molar-refractivity contribution in [1.29, 1.82) is 0 Å². The van der Waals surface area contributed by atoms with Crippen molar-refractivity contribution in [2.24, 2.45) is 0 Å². The van der Waals surface area contributed by atoms with E-state index in [1.807, 2.05) is 0 Å². The molecule has 0 aromatic rings. The van der Waals surface area contributed by atoms with Gasteiger partial charge in [-0.25, -0.2) is 0 Å². The van der Waals surface area contributed by atoms with Gasteiger partial charge in [-0.3, -0.25) is 0 Å². The molecule has 0 nitrogen and oxygen atoms in total. The summed E-state index contributed by atoms with van der Waals surface area (Å²) in [7, 11) is 0. The number of hydrogen-bond acceptors (Lipinski definition) is 0. The molecule has 0 bridgehead atoms. The molecule has 0 aromatic carbocycles. The Morgan fingerprint density at radius 2 is 1.00 bits per heavy atom. The standard InChI is InChI=1S/Al.Cu.Ta.Ti.3H. The van der Waals surface area contributed by atoms with Crippen molar-refractivity contribution in [1.82, 2.24) is 0 Å². The minimum absolute atomic E-state index is 0. The first kappa shape index (κ1) is 31.4. The molecule has 0 spiro atoms. The van der Waals surface area contributed by atoms with E-state index < -0.39 is 0 Å². The predicted molar refractivity (Wildman–Crippen MR) is 9.94 cm³/mol. The molecule has 0 atom stereocenters. The second kappa shape index (κ2) is 17.8. The third kappa shape index (κ3) is 8.82. The van der Waals surface area contributed by atoms with E-state index in [0.717, 1.165) is 0 Å². The molecule has 0 unspecified atom stereocenters. The van der Waals surface area contributed by atoms with E-state index in [1.54, 1.807) is 0 Å². The van der Waals surface area contributed by atoms with Gasteiger partial charge in [0, 0.05) is 61.2 Å². The third-order valence-corrected chi connectivity index (χ3v) is 0. The summed E-state index contributed by atoms with van der Waals surface area (Å²) in [5.74, 6) is 0. The van der Waals surface area contributed by atoms with Crippen LogP contribution in [0.25, 0.3) is 0 Å². The van der Waals surface area contributed by atoms with E-state index in [9.17, 15) is 0 Å². The van der Waals surface area contributed by atoms with Crippen LogP contribution < -0.4 is 0 Å². The maximum Gasteiger partial charge on any atom is 0.187 e. The molecule has 0 aromatic heterocycles. The molecule has 0 N–H and O–H groups in total. The van der Waals surface area contributed by atoms with Gasteiger partial charge < -0.3 is 0 Å². The van der Waals surface area contributed by atoms with Crippen LogP contribution in [0.5, 0.6) is 0 Å². The maximum atomic E-state index is 0. The largest absolute Gasteiger partial charge is 0.187 e. The first-order valence-electron chi connectivity index (χ1n) is 0. The summed E-state index contributed by atoms with van der Waals surface area (Å²) in [6, 6.07) is 0. The zero-order valence-electron chi connectivity index (χ0n) is 1.25. The van der Waals surface area contributed by atoms with Gasteiger partial charge in [0.05, 0.1) is 0 Å². The van der Waals surface area contributed by atoms with Crippen molar-refractivity contribution >= 4 is 17.4 Å².